The Bertz CT molecular complexity index is 844. The van der Waals surface area contributed by atoms with Gasteiger partial charge in [-0.1, -0.05) is 75.4 Å². The minimum absolute atomic E-state index is 0.127. The number of benzene rings is 2. The van der Waals surface area contributed by atoms with Crippen LogP contribution in [0.3, 0.4) is 0 Å². The number of carbonyl (C=O) groups excluding carboxylic acids is 1. The molecule has 2 atom stereocenters. The van der Waals surface area contributed by atoms with Gasteiger partial charge >= 0.3 is 0 Å². The minimum atomic E-state index is -0.404. The molecule has 1 heterocycles. The average Bonchev–Trinajstić information content (AvgIpc) is 3.14. The normalized spacial score (nSPS) is 21.2. The molecule has 2 aromatic carbocycles. The summed E-state index contributed by atoms with van der Waals surface area (Å²) >= 11 is 1.72. The van der Waals surface area contributed by atoms with Gasteiger partial charge in [0, 0.05) is 12.1 Å². The second-order valence-electron chi connectivity index (χ2n) is 8.75. The number of amides is 1. The fraction of sp³-hybridized carbons (Fsp3) is 0.500. The van der Waals surface area contributed by atoms with E-state index in [0.717, 1.165) is 30.5 Å². The number of hydrogen-bond donors (Lipinski definition) is 1. The molecular weight excluding hydrogens is 390 g/mol. The number of anilines is 1. The minimum Gasteiger partial charge on any atom is -0.388 e. The number of aryl methyl sites for hydroxylation is 1. The highest BCUT2D eigenvalue weighted by molar-refractivity contribution is 8.01. The molecule has 4 heteroatoms. The summed E-state index contributed by atoms with van der Waals surface area (Å²) in [6.07, 6.45) is 8.77. The van der Waals surface area contributed by atoms with Crippen molar-refractivity contribution in [1.29, 1.82) is 0 Å². The SMILES string of the molecule is CCc1cccc(CC2SCC(=O)N2c2ccc(C(O)CC3CCCCC3)cc2)c1. The van der Waals surface area contributed by atoms with Gasteiger partial charge in [0.2, 0.25) is 5.91 Å². The monoisotopic (exact) mass is 423 g/mol. The Morgan fingerprint density at radius 2 is 1.80 bits per heavy atom. The van der Waals surface area contributed by atoms with Crippen molar-refractivity contribution in [3.63, 3.8) is 0 Å². The Hall–Kier alpha value is -1.78. The fourth-order valence-electron chi connectivity index (χ4n) is 4.84. The lowest BCUT2D eigenvalue weighted by atomic mass is 9.84. The first-order valence-electron chi connectivity index (χ1n) is 11.4. The molecule has 4 rings (SSSR count). The average molecular weight is 424 g/mol. The highest BCUT2D eigenvalue weighted by Gasteiger charge is 2.33. The van der Waals surface area contributed by atoms with Crippen LogP contribution >= 0.6 is 11.8 Å². The van der Waals surface area contributed by atoms with Gasteiger partial charge in [0.15, 0.2) is 0 Å². The van der Waals surface area contributed by atoms with Crippen LogP contribution in [0.1, 0.15) is 68.2 Å². The lowest BCUT2D eigenvalue weighted by Crippen LogP contribution is -2.34. The Kier molecular flexibility index (Phi) is 7.16. The zero-order chi connectivity index (χ0) is 20.9. The molecule has 0 radical (unpaired) electrons. The van der Waals surface area contributed by atoms with E-state index in [9.17, 15) is 9.90 Å². The lowest BCUT2D eigenvalue weighted by molar-refractivity contribution is -0.115. The predicted octanol–water partition coefficient (Wildman–Crippen LogP) is 5.90. The van der Waals surface area contributed by atoms with Crippen LogP contribution in [-0.4, -0.2) is 22.1 Å². The van der Waals surface area contributed by atoms with E-state index >= 15 is 0 Å². The third kappa shape index (κ3) is 5.09. The van der Waals surface area contributed by atoms with Crippen LogP contribution in [0.4, 0.5) is 5.69 Å². The molecule has 2 aromatic rings. The van der Waals surface area contributed by atoms with Gasteiger partial charge in [-0.05, 0) is 47.6 Å². The largest absolute Gasteiger partial charge is 0.388 e. The van der Waals surface area contributed by atoms with Gasteiger partial charge in [0.25, 0.3) is 0 Å². The van der Waals surface area contributed by atoms with Crippen LogP contribution in [0.25, 0.3) is 0 Å². The van der Waals surface area contributed by atoms with Crippen LogP contribution in [0.2, 0.25) is 0 Å². The van der Waals surface area contributed by atoms with Gasteiger partial charge in [-0.3, -0.25) is 9.69 Å². The Balaban J connectivity index is 1.44. The van der Waals surface area contributed by atoms with E-state index in [-0.39, 0.29) is 11.3 Å². The standard InChI is InChI=1S/C26H33NO2S/c1-2-19-9-6-10-21(15-19)17-26-27(25(29)18-30-26)23-13-11-22(12-14-23)24(28)16-20-7-4-3-5-8-20/h6,9-15,20,24,26,28H,2-5,7-8,16-18H2,1H3. The molecule has 3 nitrogen and oxygen atoms in total. The molecule has 1 saturated heterocycles. The zero-order valence-corrected chi connectivity index (χ0v) is 18.7. The number of aliphatic hydroxyl groups excluding tert-OH is 1. The van der Waals surface area contributed by atoms with Crippen LogP contribution in [0, 0.1) is 5.92 Å². The summed E-state index contributed by atoms with van der Waals surface area (Å²) < 4.78 is 0. The molecular formula is C26H33NO2S. The first kappa shape index (κ1) is 21.5. The molecule has 2 fully saturated rings. The molecule has 160 valence electrons. The van der Waals surface area contributed by atoms with Gasteiger partial charge in [-0.25, -0.2) is 0 Å². The van der Waals surface area contributed by atoms with E-state index in [0.29, 0.717) is 11.7 Å². The van der Waals surface area contributed by atoms with E-state index in [2.05, 4.69) is 31.2 Å². The molecule has 0 spiro atoms. The van der Waals surface area contributed by atoms with Crippen molar-refractivity contribution in [2.45, 2.75) is 69.8 Å². The molecule has 1 amide bonds. The van der Waals surface area contributed by atoms with Crippen molar-refractivity contribution in [2.24, 2.45) is 5.92 Å². The van der Waals surface area contributed by atoms with Gasteiger partial charge in [0.1, 0.15) is 0 Å². The smallest absolute Gasteiger partial charge is 0.238 e. The van der Waals surface area contributed by atoms with Crippen molar-refractivity contribution >= 4 is 23.4 Å². The number of carbonyl (C=O) groups is 1. The predicted molar refractivity (Wildman–Crippen MR) is 126 cm³/mol. The maximum Gasteiger partial charge on any atom is 0.238 e. The highest BCUT2D eigenvalue weighted by atomic mass is 32.2. The third-order valence-electron chi connectivity index (χ3n) is 6.60. The molecule has 2 unspecified atom stereocenters. The molecule has 1 aliphatic heterocycles. The van der Waals surface area contributed by atoms with Gasteiger partial charge in [-0.2, -0.15) is 0 Å². The molecule has 0 aromatic heterocycles. The topological polar surface area (TPSA) is 40.5 Å². The molecule has 2 aliphatic rings. The van der Waals surface area contributed by atoms with Gasteiger partial charge in [0.05, 0.1) is 17.2 Å². The molecule has 30 heavy (non-hydrogen) atoms. The van der Waals surface area contributed by atoms with Crippen molar-refractivity contribution in [3.8, 4) is 0 Å². The number of thioether (sulfide) groups is 1. The maximum absolute atomic E-state index is 12.6. The maximum atomic E-state index is 12.6. The van der Waals surface area contributed by atoms with E-state index in [1.54, 1.807) is 11.8 Å². The van der Waals surface area contributed by atoms with E-state index in [4.69, 9.17) is 0 Å². The van der Waals surface area contributed by atoms with Crippen molar-refractivity contribution < 1.29 is 9.90 Å². The van der Waals surface area contributed by atoms with Crippen LogP contribution in [-0.2, 0) is 17.6 Å². The summed E-state index contributed by atoms with van der Waals surface area (Å²) in [5.74, 6) is 1.35. The van der Waals surface area contributed by atoms with E-state index in [1.807, 2.05) is 29.2 Å². The van der Waals surface area contributed by atoms with Gasteiger partial charge in [-0.15, -0.1) is 11.8 Å². The number of nitrogens with zero attached hydrogens (tertiary/aromatic N) is 1. The van der Waals surface area contributed by atoms with Gasteiger partial charge < -0.3 is 5.11 Å². The van der Waals surface area contributed by atoms with Crippen LogP contribution in [0.5, 0.6) is 0 Å². The second-order valence-corrected chi connectivity index (χ2v) is 9.92. The van der Waals surface area contributed by atoms with Crippen molar-refractivity contribution in [1.82, 2.24) is 0 Å². The van der Waals surface area contributed by atoms with Crippen molar-refractivity contribution in [2.75, 3.05) is 10.7 Å². The fourth-order valence-corrected chi connectivity index (χ4v) is 6.02. The first-order chi connectivity index (χ1) is 14.6. The lowest BCUT2D eigenvalue weighted by Gasteiger charge is -2.26. The summed E-state index contributed by atoms with van der Waals surface area (Å²) in [7, 11) is 0. The molecule has 0 bridgehead atoms. The number of hydrogen-bond acceptors (Lipinski definition) is 3. The Morgan fingerprint density at radius 1 is 1.07 bits per heavy atom. The number of rotatable bonds is 7. The van der Waals surface area contributed by atoms with Crippen molar-refractivity contribution in [3.05, 3.63) is 65.2 Å². The Labute approximate surface area is 184 Å². The highest BCUT2D eigenvalue weighted by Crippen LogP contribution is 2.35. The van der Waals surface area contributed by atoms with E-state index in [1.165, 1.54) is 43.2 Å². The van der Waals surface area contributed by atoms with E-state index < -0.39 is 6.10 Å². The van der Waals surface area contributed by atoms with Crippen LogP contribution in [0.15, 0.2) is 48.5 Å². The number of aliphatic hydroxyl groups is 1. The summed E-state index contributed by atoms with van der Waals surface area (Å²) in [4.78, 5) is 14.6. The summed E-state index contributed by atoms with van der Waals surface area (Å²) in [6.45, 7) is 2.17. The summed E-state index contributed by atoms with van der Waals surface area (Å²) in [5.41, 5.74) is 4.53. The quantitative estimate of drug-likeness (QED) is 0.602. The third-order valence-corrected chi connectivity index (χ3v) is 7.78. The first-order valence-corrected chi connectivity index (χ1v) is 12.5. The van der Waals surface area contributed by atoms with Crippen LogP contribution < -0.4 is 4.90 Å². The summed E-state index contributed by atoms with van der Waals surface area (Å²) in [6, 6.07) is 16.7. The molecule has 1 N–H and O–H groups in total. The molecule has 1 aliphatic carbocycles. The zero-order valence-electron chi connectivity index (χ0n) is 17.9. The Morgan fingerprint density at radius 3 is 2.53 bits per heavy atom. The second kappa shape index (κ2) is 10.0. The molecule has 1 saturated carbocycles. The summed E-state index contributed by atoms with van der Waals surface area (Å²) in [5, 5.41) is 10.8.